The second kappa shape index (κ2) is 15.8. The highest BCUT2D eigenvalue weighted by molar-refractivity contribution is 8.00. The monoisotopic (exact) mass is 766 g/mol. The van der Waals surface area contributed by atoms with E-state index in [2.05, 4.69) is 38.4 Å². The number of hydrogen-bond donors (Lipinski definition) is 4. The number of anilines is 2. The fraction of sp³-hybridized carbons (Fsp3) is 0.425. The molecule has 6 amide bonds. The number of nitrogens with zero attached hydrogens (tertiary/aromatic N) is 2. The molecule has 1 aromatic heterocycles. The molecule has 8 rings (SSSR count). The fourth-order valence-corrected chi connectivity index (χ4v) is 10.1. The van der Waals surface area contributed by atoms with Crippen molar-refractivity contribution in [2.45, 2.75) is 56.0 Å². The highest BCUT2D eigenvalue weighted by atomic mass is 32.2. The van der Waals surface area contributed by atoms with Crippen LogP contribution >= 0.6 is 11.8 Å². The van der Waals surface area contributed by atoms with Crippen LogP contribution in [0.3, 0.4) is 0 Å². The van der Waals surface area contributed by atoms with Crippen LogP contribution in [0.1, 0.15) is 48.0 Å². The molecule has 3 aliphatic heterocycles. The maximum absolute atomic E-state index is 13.3. The minimum Gasteiger partial charge on any atom is -0.461 e. The zero-order chi connectivity index (χ0) is 38.1. The summed E-state index contributed by atoms with van der Waals surface area (Å²) < 4.78 is 11.0. The molecule has 4 heterocycles. The van der Waals surface area contributed by atoms with E-state index in [1.54, 1.807) is 48.7 Å². The first-order valence-corrected chi connectivity index (χ1v) is 19.8. The van der Waals surface area contributed by atoms with Crippen molar-refractivity contribution in [1.82, 2.24) is 20.9 Å². The van der Waals surface area contributed by atoms with Crippen molar-refractivity contribution in [2.24, 2.45) is 23.7 Å². The first kappa shape index (κ1) is 36.7. The molecule has 2 aliphatic carbocycles. The van der Waals surface area contributed by atoms with Gasteiger partial charge in [-0.1, -0.05) is 24.3 Å². The third-order valence-corrected chi connectivity index (χ3v) is 12.7. The zero-order valence-electron chi connectivity index (χ0n) is 30.0. The average Bonchev–Trinajstić information content (AvgIpc) is 4.01. The van der Waals surface area contributed by atoms with E-state index in [0.29, 0.717) is 51.6 Å². The summed E-state index contributed by atoms with van der Waals surface area (Å²) in [6.07, 6.45) is 8.61. The van der Waals surface area contributed by atoms with E-state index in [0.717, 1.165) is 25.0 Å². The quantitative estimate of drug-likeness (QED) is 0.0585. The van der Waals surface area contributed by atoms with E-state index in [1.165, 1.54) is 4.90 Å². The Morgan fingerprint density at radius 3 is 2.49 bits per heavy atom. The molecule has 14 nitrogen and oxygen atoms in total. The minimum atomic E-state index is -0.438. The van der Waals surface area contributed by atoms with Gasteiger partial charge in [0.05, 0.1) is 60.4 Å². The molecule has 4 N–H and O–H groups in total. The van der Waals surface area contributed by atoms with Crippen molar-refractivity contribution in [3.63, 3.8) is 0 Å². The van der Waals surface area contributed by atoms with Gasteiger partial charge in [0.2, 0.25) is 17.7 Å². The summed E-state index contributed by atoms with van der Waals surface area (Å²) in [5.41, 5.74) is 2.53. The number of aromatic nitrogens is 1. The Morgan fingerprint density at radius 1 is 0.927 bits per heavy atom. The number of carbonyl (C=O) groups excluding carboxylic acids is 6. The second-order valence-corrected chi connectivity index (χ2v) is 15.8. The summed E-state index contributed by atoms with van der Waals surface area (Å²) in [5.74, 6) is -0.664. The Balaban J connectivity index is 0.756. The molecule has 4 fully saturated rings. The van der Waals surface area contributed by atoms with Crippen LogP contribution in [0.2, 0.25) is 0 Å². The number of carbonyl (C=O) groups is 6. The van der Waals surface area contributed by atoms with Crippen LogP contribution in [0.5, 0.6) is 0 Å². The number of benzene rings is 2. The number of rotatable bonds is 15. The first-order chi connectivity index (χ1) is 26.7. The zero-order valence-corrected chi connectivity index (χ0v) is 30.8. The van der Waals surface area contributed by atoms with Gasteiger partial charge in [0, 0.05) is 46.7 Å². The van der Waals surface area contributed by atoms with Gasteiger partial charge in [-0.25, -0.2) is 4.79 Å². The van der Waals surface area contributed by atoms with Gasteiger partial charge in [-0.05, 0) is 67.5 Å². The van der Waals surface area contributed by atoms with Crippen molar-refractivity contribution in [1.29, 1.82) is 0 Å². The molecule has 1 saturated carbocycles. The van der Waals surface area contributed by atoms with Crippen LogP contribution in [-0.2, 0) is 35.3 Å². The molecule has 0 spiro atoms. The van der Waals surface area contributed by atoms with Crippen molar-refractivity contribution in [3.05, 3.63) is 78.0 Å². The van der Waals surface area contributed by atoms with E-state index in [-0.39, 0.29) is 91.7 Å². The number of amides is 6. The minimum absolute atomic E-state index is 0.00360. The lowest BCUT2D eigenvalue weighted by molar-refractivity contribution is -0.146. The van der Waals surface area contributed by atoms with E-state index in [4.69, 9.17) is 9.47 Å². The predicted molar refractivity (Wildman–Crippen MR) is 204 cm³/mol. The Labute approximate surface area is 321 Å². The number of allylic oxidation sites excluding steroid dienone is 2. The van der Waals surface area contributed by atoms with Crippen LogP contribution in [0.4, 0.5) is 16.2 Å². The lowest BCUT2D eigenvalue weighted by atomic mass is 9.85. The number of fused-ring (bicyclic) bond motifs is 7. The standard InChI is InChI=1S/C40H42N6O8S/c47-31(6-2-5-30-36-29(21-55-30)44-40(52)45-36)41-16-18-53-17-14-32(48)54-20-25-13-15-42-35-27(25)3-1-4-28(35)43-37(49)22-9-11-26(12-10-22)46-38(50)33-23-7-8-24(19-23)34(33)39(46)51/h1,3-4,7-13,15,23-24,29-30,33-34,36H,2,5-6,14,16-21H2,(H,41,47)(H,43,49)(H2,44,45,52). The summed E-state index contributed by atoms with van der Waals surface area (Å²) in [4.78, 5) is 81.7. The smallest absolute Gasteiger partial charge is 0.315 e. The Morgan fingerprint density at radius 2 is 1.71 bits per heavy atom. The summed E-state index contributed by atoms with van der Waals surface area (Å²) in [6.45, 7) is 0.756. The molecular formula is C40H42N6O8S. The van der Waals surface area contributed by atoms with Crippen LogP contribution in [0, 0.1) is 23.7 Å². The highest BCUT2D eigenvalue weighted by Gasteiger charge is 2.59. The number of pyridine rings is 1. The molecule has 5 aliphatic rings. The van der Waals surface area contributed by atoms with E-state index in [1.807, 2.05) is 17.8 Å². The molecule has 3 saturated heterocycles. The lowest BCUT2D eigenvalue weighted by Gasteiger charge is -2.17. The van der Waals surface area contributed by atoms with Gasteiger partial charge in [0.25, 0.3) is 5.91 Å². The number of imide groups is 1. The van der Waals surface area contributed by atoms with Crippen molar-refractivity contribution < 1.29 is 38.2 Å². The Bertz CT molecular complexity index is 2030. The number of hydrogen-bond acceptors (Lipinski definition) is 10. The molecule has 2 bridgehead atoms. The molecule has 7 unspecified atom stereocenters. The maximum Gasteiger partial charge on any atom is 0.315 e. The van der Waals surface area contributed by atoms with Crippen LogP contribution in [0.25, 0.3) is 10.9 Å². The second-order valence-electron chi connectivity index (χ2n) is 14.6. The van der Waals surface area contributed by atoms with Crippen molar-refractivity contribution >= 4 is 69.7 Å². The summed E-state index contributed by atoms with van der Waals surface area (Å²) >= 11 is 1.83. The SMILES string of the molecule is O=C(CCCC1SCC2NC(=O)NC21)NCCOCCC(=O)OCc1ccnc2c(NC(=O)c3ccc(N4C(=O)C5C6C=CC(C6)C5C4=O)cc3)cccc12. The van der Waals surface area contributed by atoms with Crippen molar-refractivity contribution in [3.8, 4) is 0 Å². The molecule has 55 heavy (non-hydrogen) atoms. The molecule has 2 aromatic carbocycles. The van der Waals surface area contributed by atoms with E-state index < -0.39 is 5.97 Å². The number of urea groups is 1. The van der Waals surface area contributed by atoms with Gasteiger partial charge in [0.1, 0.15) is 6.61 Å². The Kier molecular flexibility index (Phi) is 10.6. The number of ether oxygens (including phenoxy) is 2. The van der Waals surface area contributed by atoms with Crippen molar-refractivity contribution in [2.75, 3.05) is 35.7 Å². The summed E-state index contributed by atoms with van der Waals surface area (Å²) in [6, 6.07) is 13.7. The first-order valence-electron chi connectivity index (χ1n) is 18.8. The average molecular weight is 767 g/mol. The van der Waals surface area contributed by atoms with Crippen LogP contribution in [-0.4, -0.2) is 83.5 Å². The van der Waals surface area contributed by atoms with Gasteiger partial charge in [0.15, 0.2) is 0 Å². The normalized spacial score (nSPS) is 25.9. The fourth-order valence-electron chi connectivity index (χ4n) is 8.52. The van der Waals surface area contributed by atoms with E-state index >= 15 is 0 Å². The van der Waals surface area contributed by atoms with Crippen LogP contribution in [0.15, 0.2) is 66.9 Å². The van der Waals surface area contributed by atoms with E-state index in [9.17, 15) is 28.8 Å². The lowest BCUT2D eigenvalue weighted by Crippen LogP contribution is -2.37. The topological polar surface area (TPSA) is 185 Å². The summed E-state index contributed by atoms with van der Waals surface area (Å²) in [7, 11) is 0. The Hall–Kier alpha value is -5.28. The number of para-hydroxylation sites is 1. The largest absolute Gasteiger partial charge is 0.461 e. The van der Waals surface area contributed by atoms with Crippen LogP contribution < -0.4 is 26.2 Å². The van der Waals surface area contributed by atoms with Gasteiger partial charge in [-0.2, -0.15) is 11.8 Å². The molecule has 3 aromatic rings. The molecule has 0 radical (unpaired) electrons. The summed E-state index contributed by atoms with van der Waals surface area (Å²) in [5, 5.41) is 12.7. The molecule has 15 heteroatoms. The number of thioether (sulfide) groups is 1. The van der Waals surface area contributed by atoms with Gasteiger partial charge < -0.3 is 30.7 Å². The van der Waals surface area contributed by atoms with Gasteiger partial charge in [-0.3, -0.25) is 33.9 Å². The highest BCUT2D eigenvalue weighted by Crippen LogP contribution is 2.53. The third-order valence-electron chi connectivity index (χ3n) is 11.2. The molecule has 286 valence electrons. The van der Waals surface area contributed by atoms with Gasteiger partial charge >= 0.3 is 12.0 Å². The maximum atomic E-state index is 13.3. The number of esters is 1. The number of nitrogens with one attached hydrogen (secondary N) is 4. The third kappa shape index (κ3) is 7.55. The molecule has 7 atom stereocenters. The molecular weight excluding hydrogens is 725 g/mol. The predicted octanol–water partition coefficient (Wildman–Crippen LogP) is 3.70. The van der Waals surface area contributed by atoms with Gasteiger partial charge in [-0.15, -0.1) is 0 Å².